The second-order valence-electron chi connectivity index (χ2n) is 7.04. The number of carbonyl (C=O) groups is 1. The molecule has 0 radical (unpaired) electrons. The molecule has 1 aromatic carbocycles. The zero-order valence-corrected chi connectivity index (χ0v) is 15.4. The first kappa shape index (κ1) is 16.6. The Labute approximate surface area is 152 Å². The lowest BCUT2D eigenvalue weighted by molar-refractivity contribution is -0.120. The molecule has 134 valence electrons. The summed E-state index contributed by atoms with van der Waals surface area (Å²) in [6.45, 7) is 3.98. The molecule has 0 spiro atoms. The number of rotatable bonds is 3. The van der Waals surface area contributed by atoms with Gasteiger partial charge in [0.25, 0.3) is 0 Å². The molecule has 4 rings (SSSR count). The standard InChI is InChI=1S/C20H23N5O/c1-13-6-4-5-7-17(13)25-19(10-14(2)23-25)22-20(26)15-8-9-16-12-21-24(3)18(16)11-15/h4-7,10,12,15H,8-9,11H2,1-3H3,(H,22,26)/t15-/m1/s1. The van der Waals surface area contributed by atoms with Crippen LogP contribution in [0.25, 0.3) is 5.69 Å². The first-order valence-corrected chi connectivity index (χ1v) is 8.96. The van der Waals surface area contributed by atoms with E-state index in [-0.39, 0.29) is 11.8 Å². The quantitative estimate of drug-likeness (QED) is 0.791. The number of aryl methyl sites for hydroxylation is 4. The second-order valence-corrected chi connectivity index (χ2v) is 7.04. The van der Waals surface area contributed by atoms with Gasteiger partial charge in [-0.1, -0.05) is 18.2 Å². The van der Waals surface area contributed by atoms with Crippen LogP contribution in [0.1, 0.15) is 28.9 Å². The summed E-state index contributed by atoms with van der Waals surface area (Å²) < 4.78 is 3.71. The molecule has 0 aliphatic heterocycles. The summed E-state index contributed by atoms with van der Waals surface area (Å²) in [5, 5.41) is 12.0. The summed E-state index contributed by atoms with van der Waals surface area (Å²) in [4.78, 5) is 12.9. The maximum absolute atomic E-state index is 12.9. The van der Waals surface area contributed by atoms with Crippen LogP contribution in [0.15, 0.2) is 36.5 Å². The van der Waals surface area contributed by atoms with Crippen LogP contribution in [0.4, 0.5) is 5.82 Å². The molecule has 0 saturated heterocycles. The monoisotopic (exact) mass is 349 g/mol. The lowest BCUT2D eigenvalue weighted by Crippen LogP contribution is -2.29. The van der Waals surface area contributed by atoms with Gasteiger partial charge in [-0.15, -0.1) is 0 Å². The summed E-state index contributed by atoms with van der Waals surface area (Å²) >= 11 is 0. The van der Waals surface area contributed by atoms with Crippen molar-refractivity contribution in [1.29, 1.82) is 0 Å². The first-order chi connectivity index (χ1) is 12.5. The van der Waals surface area contributed by atoms with Crippen molar-refractivity contribution >= 4 is 11.7 Å². The zero-order valence-electron chi connectivity index (χ0n) is 15.4. The van der Waals surface area contributed by atoms with Crippen molar-refractivity contribution < 1.29 is 4.79 Å². The number of hydrogen-bond donors (Lipinski definition) is 1. The predicted molar refractivity (Wildman–Crippen MR) is 100 cm³/mol. The third kappa shape index (κ3) is 2.92. The molecule has 3 aromatic rings. The highest BCUT2D eigenvalue weighted by Crippen LogP contribution is 2.27. The number of amides is 1. The molecule has 0 saturated carbocycles. The molecule has 6 nitrogen and oxygen atoms in total. The SMILES string of the molecule is Cc1cc(NC(=O)[C@@H]2CCc3cnn(C)c3C2)n(-c2ccccc2C)n1. The summed E-state index contributed by atoms with van der Waals surface area (Å²) in [6, 6.07) is 9.96. The van der Waals surface area contributed by atoms with Gasteiger partial charge < -0.3 is 5.32 Å². The van der Waals surface area contributed by atoms with Crippen molar-refractivity contribution in [2.75, 3.05) is 5.32 Å². The van der Waals surface area contributed by atoms with E-state index in [1.165, 1.54) is 11.3 Å². The molecule has 1 atom stereocenters. The highest BCUT2D eigenvalue weighted by atomic mass is 16.2. The third-order valence-corrected chi connectivity index (χ3v) is 5.15. The molecule has 1 aliphatic rings. The second kappa shape index (κ2) is 6.44. The molecular weight excluding hydrogens is 326 g/mol. The molecule has 6 heteroatoms. The molecular formula is C20H23N5O. The van der Waals surface area contributed by atoms with Crippen LogP contribution >= 0.6 is 0 Å². The maximum Gasteiger partial charge on any atom is 0.229 e. The van der Waals surface area contributed by atoms with Crippen LogP contribution in [-0.4, -0.2) is 25.5 Å². The highest BCUT2D eigenvalue weighted by molar-refractivity contribution is 5.92. The number of nitrogens with zero attached hydrogens (tertiary/aromatic N) is 4. The van der Waals surface area contributed by atoms with E-state index >= 15 is 0 Å². The van der Waals surface area contributed by atoms with Gasteiger partial charge in [-0.3, -0.25) is 9.48 Å². The van der Waals surface area contributed by atoms with E-state index in [1.54, 1.807) is 0 Å². The fraction of sp³-hybridized carbons (Fsp3) is 0.350. The molecule has 1 N–H and O–H groups in total. The maximum atomic E-state index is 12.9. The number of benzene rings is 1. The molecule has 1 aliphatic carbocycles. The average Bonchev–Trinajstić information content (AvgIpc) is 3.18. The van der Waals surface area contributed by atoms with Gasteiger partial charge in [-0.2, -0.15) is 10.2 Å². The van der Waals surface area contributed by atoms with Crippen LogP contribution in [0.3, 0.4) is 0 Å². The van der Waals surface area contributed by atoms with Gasteiger partial charge in [-0.25, -0.2) is 4.68 Å². The Morgan fingerprint density at radius 1 is 1.27 bits per heavy atom. The Balaban J connectivity index is 1.58. The minimum Gasteiger partial charge on any atom is -0.310 e. The van der Waals surface area contributed by atoms with Crippen molar-refractivity contribution in [1.82, 2.24) is 19.6 Å². The summed E-state index contributed by atoms with van der Waals surface area (Å²) in [5.41, 5.74) is 5.40. The number of carbonyl (C=O) groups excluding carboxylic acids is 1. The van der Waals surface area contributed by atoms with Gasteiger partial charge in [0.15, 0.2) is 0 Å². The van der Waals surface area contributed by atoms with Crippen LogP contribution < -0.4 is 5.32 Å². The van der Waals surface area contributed by atoms with Gasteiger partial charge in [0.05, 0.1) is 17.6 Å². The molecule has 1 amide bonds. The zero-order chi connectivity index (χ0) is 18.3. The van der Waals surface area contributed by atoms with Crippen molar-refractivity contribution in [3.63, 3.8) is 0 Å². The lowest BCUT2D eigenvalue weighted by atomic mass is 9.87. The molecule has 0 fully saturated rings. The minimum atomic E-state index is -0.0431. The number of hydrogen-bond acceptors (Lipinski definition) is 3. The van der Waals surface area contributed by atoms with Crippen LogP contribution in [-0.2, 0) is 24.7 Å². The van der Waals surface area contributed by atoms with E-state index in [1.807, 2.05) is 66.8 Å². The summed E-state index contributed by atoms with van der Waals surface area (Å²) in [6.07, 6.45) is 4.40. The van der Waals surface area contributed by atoms with Crippen molar-refractivity contribution in [2.45, 2.75) is 33.1 Å². The predicted octanol–water partition coefficient (Wildman–Crippen LogP) is 2.97. The lowest BCUT2D eigenvalue weighted by Gasteiger charge is -2.22. The van der Waals surface area contributed by atoms with Crippen molar-refractivity contribution in [3.8, 4) is 5.69 Å². The Morgan fingerprint density at radius 2 is 2.08 bits per heavy atom. The normalized spacial score (nSPS) is 16.3. The molecule has 2 heterocycles. The van der Waals surface area contributed by atoms with E-state index < -0.39 is 0 Å². The highest BCUT2D eigenvalue weighted by Gasteiger charge is 2.27. The van der Waals surface area contributed by atoms with E-state index in [4.69, 9.17) is 0 Å². The number of para-hydroxylation sites is 1. The molecule has 2 aromatic heterocycles. The van der Waals surface area contributed by atoms with Crippen LogP contribution in [0.5, 0.6) is 0 Å². The fourth-order valence-electron chi connectivity index (χ4n) is 3.67. The summed E-state index contributed by atoms with van der Waals surface area (Å²) in [5.74, 6) is 0.725. The fourth-order valence-corrected chi connectivity index (χ4v) is 3.67. The van der Waals surface area contributed by atoms with Crippen LogP contribution in [0, 0.1) is 19.8 Å². The van der Waals surface area contributed by atoms with Crippen molar-refractivity contribution in [2.24, 2.45) is 13.0 Å². The van der Waals surface area contributed by atoms with E-state index in [9.17, 15) is 4.79 Å². The van der Waals surface area contributed by atoms with Gasteiger partial charge in [0, 0.05) is 31.1 Å². The number of nitrogens with one attached hydrogen (secondary N) is 1. The molecule has 26 heavy (non-hydrogen) atoms. The Morgan fingerprint density at radius 3 is 2.88 bits per heavy atom. The first-order valence-electron chi connectivity index (χ1n) is 8.96. The van der Waals surface area contributed by atoms with E-state index in [0.29, 0.717) is 0 Å². The van der Waals surface area contributed by atoms with Gasteiger partial charge in [-0.05, 0) is 43.9 Å². The Kier molecular flexibility index (Phi) is 4.11. The minimum absolute atomic E-state index is 0.0431. The average molecular weight is 349 g/mol. The smallest absolute Gasteiger partial charge is 0.229 e. The van der Waals surface area contributed by atoms with Gasteiger partial charge in [0.2, 0.25) is 5.91 Å². The molecule has 0 unspecified atom stereocenters. The van der Waals surface area contributed by atoms with E-state index in [2.05, 4.69) is 15.5 Å². The van der Waals surface area contributed by atoms with E-state index in [0.717, 1.165) is 42.0 Å². The van der Waals surface area contributed by atoms with Gasteiger partial charge >= 0.3 is 0 Å². The number of aromatic nitrogens is 4. The third-order valence-electron chi connectivity index (χ3n) is 5.15. The topological polar surface area (TPSA) is 64.7 Å². The molecule has 0 bridgehead atoms. The Hall–Kier alpha value is -2.89. The largest absolute Gasteiger partial charge is 0.310 e. The number of fused-ring (bicyclic) bond motifs is 1. The summed E-state index contributed by atoms with van der Waals surface area (Å²) in [7, 11) is 1.94. The number of anilines is 1. The van der Waals surface area contributed by atoms with Crippen molar-refractivity contribution in [3.05, 3.63) is 59.0 Å². The van der Waals surface area contributed by atoms with Gasteiger partial charge in [0.1, 0.15) is 5.82 Å². The Bertz CT molecular complexity index is 968. The van der Waals surface area contributed by atoms with Crippen LogP contribution in [0.2, 0.25) is 0 Å².